The molecule has 0 atom stereocenters. The first-order valence-electron chi connectivity index (χ1n) is 7.14. The lowest BCUT2D eigenvalue weighted by atomic mass is 10.1. The van der Waals surface area contributed by atoms with Gasteiger partial charge in [0.1, 0.15) is 17.4 Å². The van der Waals surface area contributed by atoms with E-state index in [1.54, 1.807) is 11.3 Å². The van der Waals surface area contributed by atoms with Crippen LogP contribution in [0.5, 0.6) is 5.75 Å². The average molecular weight is 310 g/mol. The number of ether oxygens (including phenoxy) is 1. The molecule has 3 rings (SSSR count). The van der Waals surface area contributed by atoms with E-state index in [1.165, 1.54) is 4.88 Å². The van der Waals surface area contributed by atoms with E-state index in [9.17, 15) is 0 Å². The second-order valence-electron chi connectivity index (χ2n) is 5.19. The Bertz CT molecular complexity index is 778. The SMILES string of the molecule is Cc1ccccc1OCc1nc(-c2ccc(N)cc2)c(C)s1. The van der Waals surface area contributed by atoms with Crippen molar-refractivity contribution in [3.05, 3.63) is 64.0 Å². The number of benzene rings is 2. The Kier molecular flexibility index (Phi) is 4.11. The highest BCUT2D eigenvalue weighted by Crippen LogP contribution is 2.29. The zero-order valence-electron chi connectivity index (χ0n) is 12.7. The van der Waals surface area contributed by atoms with Crippen LogP contribution in [-0.4, -0.2) is 4.98 Å². The number of aromatic nitrogens is 1. The number of para-hydroxylation sites is 1. The highest BCUT2D eigenvalue weighted by Gasteiger charge is 2.10. The van der Waals surface area contributed by atoms with Gasteiger partial charge in [0.05, 0.1) is 5.69 Å². The van der Waals surface area contributed by atoms with E-state index in [0.717, 1.165) is 33.3 Å². The molecule has 2 N–H and O–H groups in total. The van der Waals surface area contributed by atoms with Gasteiger partial charge in [0.2, 0.25) is 0 Å². The Morgan fingerprint density at radius 3 is 2.50 bits per heavy atom. The first-order valence-corrected chi connectivity index (χ1v) is 7.96. The molecular formula is C18H18N2OS. The van der Waals surface area contributed by atoms with Crippen LogP contribution in [-0.2, 0) is 6.61 Å². The Hall–Kier alpha value is -2.33. The molecule has 112 valence electrons. The van der Waals surface area contributed by atoms with E-state index in [2.05, 4.69) is 6.92 Å². The fraction of sp³-hybridized carbons (Fsp3) is 0.167. The van der Waals surface area contributed by atoms with E-state index >= 15 is 0 Å². The van der Waals surface area contributed by atoms with Gasteiger partial charge in [-0.3, -0.25) is 0 Å². The minimum atomic E-state index is 0.491. The monoisotopic (exact) mass is 310 g/mol. The fourth-order valence-electron chi connectivity index (χ4n) is 2.28. The highest BCUT2D eigenvalue weighted by atomic mass is 32.1. The van der Waals surface area contributed by atoms with Crippen molar-refractivity contribution in [2.45, 2.75) is 20.5 Å². The average Bonchev–Trinajstić information content (AvgIpc) is 2.88. The molecule has 0 fully saturated rings. The number of anilines is 1. The Morgan fingerprint density at radius 2 is 1.77 bits per heavy atom. The van der Waals surface area contributed by atoms with E-state index in [0.29, 0.717) is 6.61 Å². The number of nitrogen functional groups attached to an aromatic ring is 1. The van der Waals surface area contributed by atoms with Gasteiger partial charge in [-0.2, -0.15) is 0 Å². The molecule has 1 heterocycles. The number of thiazole rings is 1. The lowest BCUT2D eigenvalue weighted by molar-refractivity contribution is 0.303. The molecule has 0 bridgehead atoms. The second-order valence-corrected chi connectivity index (χ2v) is 6.48. The van der Waals surface area contributed by atoms with Crippen LogP contribution in [0.3, 0.4) is 0 Å². The maximum absolute atomic E-state index is 5.87. The van der Waals surface area contributed by atoms with E-state index in [-0.39, 0.29) is 0 Å². The number of hydrogen-bond acceptors (Lipinski definition) is 4. The molecule has 0 saturated heterocycles. The number of nitrogens with zero attached hydrogens (tertiary/aromatic N) is 1. The van der Waals surface area contributed by atoms with Gasteiger partial charge >= 0.3 is 0 Å². The van der Waals surface area contributed by atoms with Crippen LogP contribution in [0.2, 0.25) is 0 Å². The fourth-order valence-corrected chi connectivity index (χ4v) is 3.15. The van der Waals surface area contributed by atoms with E-state index in [1.807, 2.05) is 55.5 Å². The predicted molar refractivity (Wildman–Crippen MR) is 92.2 cm³/mol. The summed E-state index contributed by atoms with van der Waals surface area (Å²) in [6, 6.07) is 15.8. The summed E-state index contributed by atoms with van der Waals surface area (Å²) in [5.74, 6) is 0.907. The molecule has 4 heteroatoms. The number of nitrogens with two attached hydrogens (primary N) is 1. The summed E-state index contributed by atoms with van der Waals surface area (Å²) in [5.41, 5.74) is 9.73. The third-order valence-corrected chi connectivity index (χ3v) is 4.41. The van der Waals surface area contributed by atoms with Crippen LogP contribution in [0.25, 0.3) is 11.3 Å². The van der Waals surface area contributed by atoms with Crippen LogP contribution in [0.1, 0.15) is 15.4 Å². The maximum atomic E-state index is 5.87. The quantitative estimate of drug-likeness (QED) is 0.717. The lowest BCUT2D eigenvalue weighted by Crippen LogP contribution is -1.96. The van der Waals surface area contributed by atoms with Gasteiger partial charge in [0, 0.05) is 16.1 Å². The largest absolute Gasteiger partial charge is 0.486 e. The van der Waals surface area contributed by atoms with E-state index < -0.39 is 0 Å². The van der Waals surface area contributed by atoms with Crippen LogP contribution in [0, 0.1) is 13.8 Å². The summed E-state index contributed by atoms with van der Waals surface area (Å²) in [5, 5.41) is 0.979. The van der Waals surface area contributed by atoms with Crippen molar-refractivity contribution in [1.29, 1.82) is 0 Å². The van der Waals surface area contributed by atoms with Crippen LogP contribution in [0.4, 0.5) is 5.69 Å². The van der Waals surface area contributed by atoms with Gasteiger partial charge in [0.15, 0.2) is 0 Å². The first kappa shape index (κ1) is 14.6. The van der Waals surface area contributed by atoms with Crippen molar-refractivity contribution in [3.8, 4) is 17.0 Å². The predicted octanol–water partition coefficient (Wildman–Crippen LogP) is 4.59. The zero-order chi connectivity index (χ0) is 15.5. The van der Waals surface area contributed by atoms with Gasteiger partial charge in [-0.25, -0.2) is 4.98 Å². The third kappa shape index (κ3) is 3.12. The molecule has 0 unspecified atom stereocenters. The highest BCUT2D eigenvalue weighted by molar-refractivity contribution is 7.12. The molecule has 0 saturated carbocycles. The topological polar surface area (TPSA) is 48.1 Å². The summed E-state index contributed by atoms with van der Waals surface area (Å²) in [7, 11) is 0. The van der Waals surface area contributed by atoms with Gasteiger partial charge in [-0.05, 0) is 37.6 Å². The molecule has 3 nitrogen and oxygen atoms in total. The Morgan fingerprint density at radius 1 is 1.05 bits per heavy atom. The van der Waals surface area contributed by atoms with Gasteiger partial charge in [0.25, 0.3) is 0 Å². The Labute approximate surface area is 134 Å². The molecule has 0 amide bonds. The summed E-state index contributed by atoms with van der Waals surface area (Å²) in [4.78, 5) is 5.90. The number of hydrogen-bond donors (Lipinski definition) is 1. The minimum absolute atomic E-state index is 0.491. The Balaban J connectivity index is 1.78. The van der Waals surface area contributed by atoms with Crippen molar-refractivity contribution in [2.24, 2.45) is 0 Å². The van der Waals surface area contributed by atoms with Crippen molar-refractivity contribution in [1.82, 2.24) is 4.98 Å². The molecule has 0 spiro atoms. The number of aryl methyl sites for hydroxylation is 2. The molecule has 3 aromatic rings. The van der Waals surface area contributed by atoms with Gasteiger partial charge < -0.3 is 10.5 Å². The van der Waals surface area contributed by atoms with Crippen LogP contribution >= 0.6 is 11.3 Å². The molecule has 2 aromatic carbocycles. The van der Waals surface area contributed by atoms with Gasteiger partial charge in [-0.15, -0.1) is 11.3 Å². The molecule has 1 aromatic heterocycles. The lowest BCUT2D eigenvalue weighted by Gasteiger charge is -2.06. The molecule has 0 radical (unpaired) electrons. The van der Waals surface area contributed by atoms with Crippen molar-refractivity contribution in [3.63, 3.8) is 0 Å². The smallest absolute Gasteiger partial charge is 0.140 e. The summed E-state index contributed by atoms with van der Waals surface area (Å²) < 4.78 is 5.87. The van der Waals surface area contributed by atoms with Crippen molar-refractivity contribution in [2.75, 3.05) is 5.73 Å². The minimum Gasteiger partial charge on any atom is -0.486 e. The third-order valence-electron chi connectivity index (χ3n) is 3.47. The van der Waals surface area contributed by atoms with Crippen LogP contribution < -0.4 is 10.5 Å². The molecule has 0 aliphatic carbocycles. The van der Waals surface area contributed by atoms with Gasteiger partial charge in [-0.1, -0.05) is 30.3 Å². The number of rotatable bonds is 4. The molecule has 22 heavy (non-hydrogen) atoms. The summed E-state index contributed by atoms with van der Waals surface area (Å²) in [6.45, 7) is 4.62. The molecule has 0 aliphatic heterocycles. The summed E-state index contributed by atoms with van der Waals surface area (Å²) in [6.07, 6.45) is 0. The summed E-state index contributed by atoms with van der Waals surface area (Å²) >= 11 is 1.67. The zero-order valence-corrected chi connectivity index (χ0v) is 13.5. The van der Waals surface area contributed by atoms with Crippen molar-refractivity contribution >= 4 is 17.0 Å². The normalized spacial score (nSPS) is 10.6. The molecular weight excluding hydrogens is 292 g/mol. The second kappa shape index (κ2) is 6.20. The van der Waals surface area contributed by atoms with Crippen molar-refractivity contribution < 1.29 is 4.74 Å². The molecule has 0 aliphatic rings. The maximum Gasteiger partial charge on any atom is 0.140 e. The van der Waals surface area contributed by atoms with E-state index in [4.69, 9.17) is 15.5 Å². The first-order chi connectivity index (χ1) is 10.6. The standard InChI is InChI=1S/C18H18N2OS/c1-12-5-3-4-6-16(12)21-11-17-20-18(13(2)22-17)14-7-9-15(19)10-8-14/h3-10H,11,19H2,1-2H3. The van der Waals surface area contributed by atoms with Crippen LogP contribution in [0.15, 0.2) is 48.5 Å².